The zero-order valence-corrected chi connectivity index (χ0v) is 18.9. The molecule has 2 amide bonds. The Morgan fingerprint density at radius 1 is 1.07 bits per heavy atom. The summed E-state index contributed by atoms with van der Waals surface area (Å²) >= 11 is 0. The summed E-state index contributed by atoms with van der Waals surface area (Å²) in [5, 5.41) is 5.68. The fourth-order valence-electron chi connectivity index (χ4n) is 3.28. The lowest BCUT2D eigenvalue weighted by molar-refractivity contribution is -0.131. The van der Waals surface area contributed by atoms with Crippen LogP contribution in [0.2, 0.25) is 0 Å². The quantitative estimate of drug-likeness (QED) is 0.590. The Kier molecular flexibility index (Phi) is 8.67. The van der Waals surface area contributed by atoms with Crippen LogP contribution in [0.15, 0.2) is 24.3 Å². The van der Waals surface area contributed by atoms with Crippen molar-refractivity contribution in [1.29, 1.82) is 0 Å². The Balaban J connectivity index is 1.73. The molecular weight excluding hydrogens is 384 g/mol. The van der Waals surface area contributed by atoms with Crippen LogP contribution >= 0.6 is 0 Å². The van der Waals surface area contributed by atoms with Gasteiger partial charge < -0.3 is 24.8 Å². The molecule has 0 radical (unpaired) electrons. The SMILES string of the molecule is CCC(C)(CCCNC(=O)c1ccc(CNC(=O)OC(C)(C)C)cc1)C1OCCO1. The van der Waals surface area contributed by atoms with E-state index in [1.54, 1.807) is 12.1 Å². The molecule has 2 rings (SSSR count). The van der Waals surface area contributed by atoms with Crippen molar-refractivity contribution in [3.8, 4) is 0 Å². The Morgan fingerprint density at radius 2 is 1.70 bits per heavy atom. The van der Waals surface area contributed by atoms with Crippen molar-refractivity contribution in [3.05, 3.63) is 35.4 Å². The fourth-order valence-corrected chi connectivity index (χ4v) is 3.28. The van der Waals surface area contributed by atoms with Gasteiger partial charge in [-0.3, -0.25) is 4.79 Å². The summed E-state index contributed by atoms with van der Waals surface area (Å²) in [6, 6.07) is 7.18. The summed E-state index contributed by atoms with van der Waals surface area (Å²) in [5.41, 5.74) is 0.923. The fraction of sp³-hybridized carbons (Fsp3) is 0.652. The van der Waals surface area contributed by atoms with Gasteiger partial charge in [-0.2, -0.15) is 0 Å². The van der Waals surface area contributed by atoms with Gasteiger partial charge in [-0.1, -0.05) is 26.0 Å². The number of benzene rings is 1. The number of ether oxygens (including phenoxy) is 3. The van der Waals surface area contributed by atoms with Crippen LogP contribution in [0.5, 0.6) is 0 Å². The van der Waals surface area contributed by atoms with Crippen LogP contribution in [0.1, 0.15) is 69.8 Å². The van der Waals surface area contributed by atoms with Crippen molar-refractivity contribution in [2.75, 3.05) is 19.8 Å². The highest BCUT2D eigenvalue weighted by molar-refractivity contribution is 5.94. The van der Waals surface area contributed by atoms with Crippen LogP contribution in [0.3, 0.4) is 0 Å². The molecule has 1 unspecified atom stereocenters. The molecule has 0 bridgehead atoms. The van der Waals surface area contributed by atoms with Gasteiger partial charge in [-0.05, 0) is 57.7 Å². The van der Waals surface area contributed by atoms with Gasteiger partial charge in [0.05, 0.1) is 13.2 Å². The highest BCUT2D eigenvalue weighted by Crippen LogP contribution is 2.35. The summed E-state index contributed by atoms with van der Waals surface area (Å²) in [6.45, 7) is 12.0. The van der Waals surface area contributed by atoms with Crippen LogP contribution in [0, 0.1) is 5.41 Å². The summed E-state index contributed by atoms with van der Waals surface area (Å²) in [6.07, 6.45) is 2.13. The Bertz CT molecular complexity index is 693. The van der Waals surface area contributed by atoms with Gasteiger partial charge in [0.2, 0.25) is 0 Å². The molecular formula is C23H36N2O5. The maximum atomic E-state index is 12.4. The minimum Gasteiger partial charge on any atom is -0.444 e. The first-order valence-electron chi connectivity index (χ1n) is 10.7. The largest absolute Gasteiger partial charge is 0.444 e. The number of alkyl carbamates (subject to hydrolysis) is 1. The summed E-state index contributed by atoms with van der Waals surface area (Å²) in [4.78, 5) is 24.1. The molecule has 1 saturated heterocycles. The number of hydrogen-bond acceptors (Lipinski definition) is 5. The van der Waals surface area contributed by atoms with Gasteiger partial charge in [-0.15, -0.1) is 0 Å². The van der Waals surface area contributed by atoms with Crippen LogP contribution in [0.25, 0.3) is 0 Å². The van der Waals surface area contributed by atoms with Crippen molar-refractivity contribution in [2.24, 2.45) is 5.41 Å². The summed E-state index contributed by atoms with van der Waals surface area (Å²) in [7, 11) is 0. The van der Waals surface area contributed by atoms with Crippen LogP contribution < -0.4 is 10.6 Å². The second-order valence-electron chi connectivity index (χ2n) is 8.99. The van der Waals surface area contributed by atoms with E-state index in [1.807, 2.05) is 32.9 Å². The summed E-state index contributed by atoms with van der Waals surface area (Å²) < 4.78 is 16.6. The standard InChI is InChI=1S/C23H36N2O5/c1-6-23(5,20-28-14-15-29-20)12-7-13-24-19(26)18-10-8-17(9-11-18)16-25-21(27)30-22(2,3)4/h8-11,20H,6-7,12-16H2,1-5H3,(H,24,26)(H,25,27). The van der Waals surface area contributed by atoms with Gasteiger partial charge in [0, 0.05) is 24.1 Å². The Hall–Kier alpha value is -2.12. The maximum Gasteiger partial charge on any atom is 0.407 e. The van der Waals surface area contributed by atoms with Gasteiger partial charge in [0.15, 0.2) is 6.29 Å². The van der Waals surface area contributed by atoms with E-state index in [4.69, 9.17) is 14.2 Å². The Labute approximate surface area is 179 Å². The number of carbonyl (C=O) groups is 2. The second kappa shape index (κ2) is 10.8. The molecule has 7 nitrogen and oxygen atoms in total. The predicted molar refractivity (Wildman–Crippen MR) is 115 cm³/mol. The minimum atomic E-state index is -0.530. The predicted octanol–water partition coefficient (Wildman–Crippen LogP) is 4.01. The monoisotopic (exact) mass is 420 g/mol. The molecule has 1 aliphatic rings. The van der Waals surface area contributed by atoms with E-state index < -0.39 is 11.7 Å². The van der Waals surface area contributed by atoms with Gasteiger partial charge >= 0.3 is 6.09 Å². The maximum absolute atomic E-state index is 12.4. The van der Waals surface area contributed by atoms with E-state index in [-0.39, 0.29) is 17.6 Å². The van der Waals surface area contributed by atoms with Gasteiger partial charge in [-0.25, -0.2) is 4.79 Å². The number of rotatable bonds is 9. The number of amides is 2. The van der Waals surface area contributed by atoms with Crippen LogP contribution in [-0.4, -0.2) is 43.7 Å². The third kappa shape index (κ3) is 7.61. The first kappa shape index (κ1) is 24.2. The molecule has 1 fully saturated rings. The molecule has 168 valence electrons. The number of carbonyl (C=O) groups excluding carboxylic acids is 2. The van der Waals surface area contributed by atoms with Crippen LogP contribution in [-0.2, 0) is 20.8 Å². The molecule has 7 heteroatoms. The number of hydrogen-bond donors (Lipinski definition) is 2. The molecule has 2 N–H and O–H groups in total. The molecule has 1 atom stereocenters. The first-order valence-corrected chi connectivity index (χ1v) is 10.7. The number of nitrogens with one attached hydrogen (secondary N) is 2. The van der Waals surface area contributed by atoms with E-state index in [1.165, 1.54) is 0 Å². The first-order chi connectivity index (χ1) is 14.1. The van der Waals surface area contributed by atoms with Gasteiger partial charge in [0.1, 0.15) is 5.60 Å². The van der Waals surface area contributed by atoms with Crippen molar-refractivity contribution in [3.63, 3.8) is 0 Å². The molecule has 1 aliphatic heterocycles. The molecule has 0 saturated carbocycles. The third-order valence-corrected chi connectivity index (χ3v) is 5.26. The lowest BCUT2D eigenvalue weighted by Gasteiger charge is -2.33. The molecule has 0 spiro atoms. The van der Waals surface area contributed by atoms with E-state index in [0.29, 0.717) is 31.9 Å². The van der Waals surface area contributed by atoms with Crippen molar-refractivity contribution < 1.29 is 23.8 Å². The average molecular weight is 421 g/mol. The molecule has 1 aromatic carbocycles. The molecule has 1 aromatic rings. The van der Waals surface area contributed by atoms with Crippen molar-refractivity contribution in [2.45, 2.75) is 72.3 Å². The Morgan fingerprint density at radius 3 is 2.27 bits per heavy atom. The zero-order valence-electron chi connectivity index (χ0n) is 18.9. The highest BCUT2D eigenvalue weighted by atomic mass is 16.7. The van der Waals surface area contributed by atoms with Crippen molar-refractivity contribution >= 4 is 12.0 Å². The molecule has 0 aliphatic carbocycles. The normalized spacial score (nSPS) is 16.7. The van der Waals surface area contributed by atoms with Crippen molar-refractivity contribution in [1.82, 2.24) is 10.6 Å². The highest BCUT2D eigenvalue weighted by Gasteiger charge is 2.36. The zero-order chi connectivity index (χ0) is 22.2. The van der Waals surface area contributed by atoms with E-state index in [9.17, 15) is 9.59 Å². The van der Waals surface area contributed by atoms with E-state index >= 15 is 0 Å². The van der Waals surface area contributed by atoms with Crippen LogP contribution in [0.4, 0.5) is 4.79 Å². The molecule has 30 heavy (non-hydrogen) atoms. The lowest BCUT2D eigenvalue weighted by atomic mass is 9.82. The third-order valence-electron chi connectivity index (χ3n) is 5.26. The lowest BCUT2D eigenvalue weighted by Crippen LogP contribution is -2.34. The topological polar surface area (TPSA) is 85.9 Å². The van der Waals surface area contributed by atoms with E-state index in [0.717, 1.165) is 24.8 Å². The molecule has 1 heterocycles. The van der Waals surface area contributed by atoms with E-state index in [2.05, 4.69) is 24.5 Å². The smallest absolute Gasteiger partial charge is 0.407 e. The summed E-state index contributed by atoms with van der Waals surface area (Å²) in [5.74, 6) is -0.104. The average Bonchev–Trinajstić information content (AvgIpc) is 3.24. The minimum absolute atomic E-state index is 0.0377. The molecule has 0 aromatic heterocycles. The van der Waals surface area contributed by atoms with Gasteiger partial charge in [0.25, 0.3) is 5.91 Å². The second-order valence-corrected chi connectivity index (χ2v) is 8.99.